The van der Waals surface area contributed by atoms with Gasteiger partial charge in [-0.2, -0.15) is 0 Å². The van der Waals surface area contributed by atoms with Crippen LogP contribution in [-0.2, 0) is 9.53 Å². The van der Waals surface area contributed by atoms with Crippen molar-refractivity contribution in [1.82, 2.24) is 0 Å². The molecule has 0 aliphatic heterocycles. The Morgan fingerprint density at radius 2 is 1.92 bits per heavy atom. The number of carbonyl (C=O) groups excluding carboxylic acids is 1. The lowest BCUT2D eigenvalue weighted by atomic mass is 10.1. The van der Waals surface area contributed by atoms with Gasteiger partial charge in [0, 0.05) is 0 Å². The second kappa shape index (κ2) is 8.77. The third-order valence-corrected chi connectivity index (χ3v) is 1.28. The first-order chi connectivity index (χ1) is 4.59. The quantitative estimate of drug-likeness (QED) is 0.656. The van der Waals surface area contributed by atoms with Gasteiger partial charge in [0.15, 0.2) is 0 Å². The van der Waals surface area contributed by atoms with Gasteiger partial charge in [-0.05, 0) is 12.8 Å². The van der Waals surface area contributed by atoms with Crippen LogP contribution in [-0.4, -0.2) is 24.1 Å². The summed E-state index contributed by atoms with van der Waals surface area (Å²) in [6, 6.07) is -0.472. The highest BCUT2D eigenvalue weighted by molar-refractivity contribution is 5.85. The van der Waals surface area contributed by atoms with Crippen molar-refractivity contribution in [1.29, 1.82) is 0 Å². The van der Waals surface area contributed by atoms with Gasteiger partial charge in [0.1, 0.15) is 6.04 Å². The third kappa shape index (κ3) is 6.39. The highest BCUT2D eigenvalue weighted by Crippen LogP contribution is 1.99. The van der Waals surface area contributed by atoms with Crippen molar-refractivity contribution in [3.05, 3.63) is 0 Å². The molecule has 0 saturated heterocycles. The predicted molar refractivity (Wildman–Crippen MR) is 50.3 cm³/mol. The molecular weight excluding hydrogens is 182 g/mol. The molecule has 76 valence electrons. The summed E-state index contributed by atoms with van der Waals surface area (Å²) in [7, 11) is 0. The molecule has 0 aliphatic carbocycles. The van der Waals surface area contributed by atoms with Crippen LogP contribution in [0.5, 0.6) is 0 Å². The van der Waals surface area contributed by atoms with E-state index in [0.717, 1.165) is 0 Å². The minimum atomic E-state index is -0.472. The van der Waals surface area contributed by atoms with Crippen molar-refractivity contribution in [2.75, 3.05) is 6.61 Å². The highest BCUT2D eigenvalue weighted by atomic mass is 35.5. The second-order valence-electron chi connectivity index (χ2n) is 2.52. The summed E-state index contributed by atoms with van der Waals surface area (Å²) in [5.41, 5.74) is 5.47. The van der Waals surface area contributed by atoms with E-state index in [-0.39, 0.29) is 29.8 Å². The summed E-state index contributed by atoms with van der Waals surface area (Å²) in [5.74, 6) is -0.156. The number of halogens is 1. The molecule has 0 heterocycles. The monoisotopic (exact) mass is 199 g/mol. The molecule has 0 spiro atoms. The molecule has 0 rings (SSSR count). The molecule has 0 aromatic carbocycles. The fourth-order valence-electron chi connectivity index (χ4n) is 0.511. The first kappa shape index (κ1) is 17.7. The topological polar surface area (TPSA) is 83.8 Å². The number of ether oxygens (including phenoxy) is 1. The SMILES string of the molecule is CCOC(=O)[C@H](N)C(C)C.Cl.O. The molecular formula is C7H18ClNO3. The van der Waals surface area contributed by atoms with Crippen LogP contribution in [0.1, 0.15) is 20.8 Å². The van der Waals surface area contributed by atoms with Gasteiger partial charge in [0.05, 0.1) is 6.61 Å². The van der Waals surface area contributed by atoms with Gasteiger partial charge in [0.2, 0.25) is 0 Å². The summed E-state index contributed by atoms with van der Waals surface area (Å²) in [6.07, 6.45) is 0. The molecule has 0 saturated carbocycles. The average Bonchev–Trinajstić information content (AvgIpc) is 1.87. The van der Waals surface area contributed by atoms with Crippen LogP contribution in [0, 0.1) is 5.92 Å². The minimum absolute atomic E-state index is 0. The first-order valence-corrected chi connectivity index (χ1v) is 3.51. The van der Waals surface area contributed by atoms with Gasteiger partial charge in [-0.25, -0.2) is 0 Å². The van der Waals surface area contributed by atoms with Crippen molar-refractivity contribution in [2.45, 2.75) is 26.8 Å². The normalized spacial score (nSPS) is 11.1. The summed E-state index contributed by atoms with van der Waals surface area (Å²) in [5, 5.41) is 0. The average molecular weight is 200 g/mol. The summed E-state index contributed by atoms with van der Waals surface area (Å²) < 4.78 is 4.70. The number of nitrogens with two attached hydrogens (primary N) is 1. The summed E-state index contributed by atoms with van der Waals surface area (Å²) in [6.45, 7) is 5.95. The van der Waals surface area contributed by atoms with Crippen LogP contribution in [0.15, 0.2) is 0 Å². The molecule has 0 amide bonds. The molecule has 0 aromatic heterocycles. The van der Waals surface area contributed by atoms with E-state index in [1.165, 1.54) is 0 Å². The predicted octanol–water partition coefficient (Wildman–Crippen LogP) is 0.130. The Balaban J connectivity index is -0.000000405. The van der Waals surface area contributed by atoms with Crippen molar-refractivity contribution in [3.63, 3.8) is 0 Å². The first-order valence-electron chi connectivity index (χ1n) is 3.51. The van der Waals surface area contributed by atoms with Crippen LogP contribution in [0.25, 0.3) is 0 Å². The molecule has 0 unspecified atom stereocenters. The van der Waals surface area contributed by atoms with Crippen LogP contribution in [0.3, 0.4) is 0 Å². The van der Waals surface area contributed by atoms with Gasteiger partial charge < -0.3 is 15.9 Å². The number of rotatable bonds is 3. The smallest absolute Gasteiger partial charge is 0.323 e. The lowest BCUT2D eigenvalue weighted by Crippen LogP contribution is -2.36. The van der Waals surface area contributed by atoms with Gasteiger partial charge in [-0.15, -0.1) is 12.4 Å². The number of carbonyl (C=O) groups is 1. The molecule has 5 heteroatoms. The van der Waals surface area contributed by atoms with Gasteiger partial charge in [0.25, 0.3) is 0 Å². The lowest BCUT2D eigenvalue weighted by molar-refractivity contribution is -0.145. The largest absolute Gasteiger partial charge is 0.465 e. The summed E-state index contributed by atoms with van der Waals surface area (Å²) >= 11 is 0. The molecule has 4 nitrogen and oxygen atoms in total. The standard InChI is InChI=1S/C7H15NO2.ClH.H2O/c1-4-10-7(9)6(8)5(2)3;;/h5-6H,4,8H2,1-3H3;1H;1H2/t6-;;/m1../s1. The van der Waals surface area contributed by atoms with Gasteiger partial charge in [-0.3, -0.25) is 4.79 Å². The molecule has 12 heavy (non-hydrogen) atoms. The highest BCUT2D eigenvalue weighted by Gasteiger charge is 2.17. The molecule has 0 aromatic rings. The maximum absolute atomic E-state index is 10.8. The maximum Gasteiger partial charge on any atom is 0.323 e. The van der Waals surface area contributed by atoms with Gasteiger partial charge in [-0.1, -0.05) is 13.8 Å². The van der Waals surface area contributed by atoms with E-state index in [0.29, 0.717) is 6.61 Å². The fraction of sp³-hybridized carbons (Fsp3) is 0.857. The molecule has 0 aliphatic rings. The van der Waals surface area contributed by atoms with E-state index in [1.54, 1.807) is 6.92 Å². The Morgan fingerprint density at radius 1 is 1.50 bits per heavy atom. The minimum Gasteiger partial charge on any atom is -0.465 e. The molecule has 1 atom stereocenters. The maximum atomic E-state index is 10.8. The van der Waals surface area contributed by atoms with E-state index in [9.17, 15) is 4.79 Å². The van der Waals surface area contributed by atoms with E-state index in [1.807, 2.05) is 13.8 Å². The number of esters is 1. The van der Waals surface area contributed by atoms with Crippen molar-refractivity contribution < 1.29 is 15.0 Å². The molecule has 0 radical (unpaired) electrons. The Labute approximate surface area is 79.2 Å². The van der Waals surface area contributed by atoms with Crippen molar-refractivity contribution >= 4 is 18.4 Å². The van der Waals surface area contributed by atoms with Crippen LogP contribution >= 0.6 is 12.4 Å². The number of hydrogen-bond acceptors (Lipinski definition) is 3. The summed E-state index contributed by atoms with van der Waals surface area (Å²) in [4.78, 5) is 10.8. The van der Waals surface area contributed by atoms with Crippen LogP contribution < -0.4 is 5.73 Å². The zero-order chi connectivity index (χ0) is 8.15. The molecule has 4 N–H and O–H groups in total. The van der Waals surface area contributed by atoms with E-state index in [4.69, 9.17) is 10.5 Å². The Bertz CT molecular complexity index is 119. The lowest BCUT2D eigenvalue weighted by Gasteiger charge is -2.12. The Morgan fingerprint density at radius 3 is 2.17 bits per heavy atom. The Kier molecular flexibility index (Phi) is 12.9. The third-order valence-electron chi connectivity index (χ3n) is 1.28. The second-order valence-corrected chi connectivity index (χ2v) is 2.52. The zero-order valence-electron chi connectivity index (χ0n) is 7.66. The fourth-order valence-corrected chi connectivity index (χ4v) is 0.511. The van der Waals surface area contributed by atoms with E-state index >= 15 is 0 Å². The van der Waals surface area contributed by atoms with Crippen molar-refractivity contribution in [2.24, 2.45) is 11.7 Å². The Hall–Kier alpha value is -0.320. The van der Waals surface area contributed by atoms with Gasteiger partial charge >= 0.3 is 5.97 Å². The van der Waals surface area contributed by atoms with E-state index < -0.39 is 6.04 Å². The molecule has 0 bridgehead atoms. The molecule has 0 fully saturated rings. The number of hydrogen-bond donors (Lipinski definition) is 1. The van der Waals surface area contributed by atoms with Crippen LogP contribution in [0.2, 0.25) is 0 Å². The van der Waals surface area contributed by atoms with E-state index in [2.05, 4.69) is 0 Å². The zero-order valence-corrected chi connectivity index (χ0v) is 8.48. The van der Waals surface area contributed by atoms with Crippen molar-refractivity contribution in [3.8, 4) is 0 Å². The van der Waals surface area contributed by atoms with Crippen LogP contribution in [0.4, 0.5) is 0 Å².